The first-order valence-electron chi connectivity index (χ1n) is 6.36. The fourth-order valence-electron chi connectivity index (χ4n) is 2.16. The lowest BCUT2D eigenvalue weighted by Gasteiger charge is -2.09. The quantitative estimate of drug-likeness (QED) is 0.900. The van der Waals surface area contributed by atoms with Crippen LogP contribution < -0.4 is 5.73 Å². The van der Waals surface area contributed by atoms with Crippen LogP contribution in [-0.4, -0.2) is 15.8 Å². The lowest BCUT2D eigenvalue weighted by atomic mass is 10.1. The van der Waals surface area contributed by atoms with Gasteiger partial charge in [-0.25, -0.2) is 4.68 Å². The van der Waals surface area contributed by atoms with Crippen LogP contribution in [0.4, 0.5) is 0 Å². The monoisotopic (exact) mass is 243 g/mol. The molecule has 0 fully saturated rings. The van der Waals surface area contributed by atoms with Crippen molar-refractivity contribution in [3.63, 3.8) is 0 Å². The van der Waals surface area contributed by atoms with Crippen LogP contribution in [0.3, 0.4) is 0 Å². The second kappa shape index (κ2) is 4.94. The van der Waals surface area contributed by atoms with E-state index in [4.69, 9.17) is 5.73 Å². The summed E-state index contributed by atoms with van der Waals surface area (Å²) in [5, 5.41) is 4.59. The van der Waals surface area contributed by atoms with Crippen molar-refractivity contribution in [3.05, 3.63) is 46.8 Å². The molecule has 0 amide bonds. The first-order valence-corrected chi connectivity index (χ1v) is 6.36. The molecule has 2 aromatic rings. The van der Waals surface area contributed by atoms with Crippen molar-refractivity contribution >= 4 is 0 Å². The van der Waals surface area contributed by atoms with Crippen molar-refractivity contribution in [2.45, 2.75) is 40.2 Å². The van der Waals surface area contributed by atoms with Crippen molar-refractivity contribution in [1.82, 2.24) is 9.78 Å². The standard InChI is InChI=1S/C15H21N3/c1-10(16)8-14-6-5-7-15(9-14)18-13(4)11(2)12(3)17-18/h5-7,9-10H,8,16H2,1-4H3. The molecule has 18 heavy (non-hydrogen) atoms. The maximum atomic E-state index is 5.85. The molecule has 1 atom stereocenters. The van der Waals surface area contributed by atoms with Gasteiger partial charge in [-0.1, -0.05) is 12.1 Å². The molecule has 0 spiro atoms. The number of hydrogen-bond donors (Lipinski definition) is 1. The topological polar surface area (TPSA) is 43.8 Å². The van der Waals surface area contributed by atoms with Crippen molar-refractivity contribution < 1.29 is 0 Å². The predicted molar refractivity (Wildman–Crippen MR) is 75.1 cm³/mol. The molecule has 96 valence electrons. The Morgan fingerprint density at radius 1 is 1.28 bits per heavy atom. The second-order valence-electron chi connectivity index (χ2n) is 5.06. The fraction of sp³-hybridized carbons (Fsp3) is 0.400. The lowest BCUT2D eigenvalue weighted by Crippen LogP contribution is -2.17. The Morgan fingerprint density at radius 3 is 2.56 bits per heavy atom. The van der Waals surface area contributed by atoms with E-state index in [1.165, 1.54) is 16.8 Å². The molecule has 0 saturated carbocycles. The Morgan fingerprint density at radius 2 is 2.00 bits per heavy atom. The highest BCUT2D eigenvalue weighted by Gasteiger charge is 2.09. The highest BCUT2D eigenvalue weighted by atomic mass is 15.3. The van der Waals surface area contributed by atoms with E-state index in [-0.39, 0.29) is 6.04 Å². The molecule has 2 N–H and O–H groups in total. The molecule has 2 rings (SSSR count). The number of nitrogens with zero attached hydrogens (tertiary/aromatic N) is 2. The van der Waals surface area contributed by atoms with Crippen molar-refractivity contribution in [1.29, 1.82) is 0 Å². The lowest BCUT2D eigenvalue weighted by molar-refractivity contribution is 0.736. The molecule has 0 radical (unpaired) electrons. The van der Waals surface area contributed by atoms with Crippen LogP contribution in [-0.2, 0) is 6.42 Å². The highest BCUT2D eigenvalue weighted by Crippen LogP contribution is 2.18. The third-order valence-corrected chi connectivity index (χ3v) is 3.37. The van der Waals surface area contributed by atoms with Gasteiger partial charge in [0.25, 0.3) is 0 Å². The number of rotatable bonds is 3. The predicted octanol–water partition coefficient (Wildman–Crippen LogP) is 2.69. The molecular weight excluding hydrogens is 222 g/mol. The Kier molecular flexibility index (Phi) is 3.53. The summed E-state index contributed by atoms with van der Waals surface area (Å²) >= 11 is 0. The van der Waals surface area contributed by atoms with Gasteiger partial charge in [0, 0.05) is 11.7 Å². The van der Waals surface area contributed by atoms with Crippen LogP contribution in [0.5, 0.6) is 0 Å². The fourth-order valence-corrected chi connectivity index (χ4v) is 2.16. The summed E-state index contributed by atoms with van der Waals surface area (Å²) in [6, 6.07) is 8.62. The zero-order chi connectivity index (χ0) is 13.3. The average Bonchev–Trinajstić information content (AvgIpc) is 2.56. The molecule has 1 aromatic carbocycles. The van der Waals surface area contributed by atoms with E-state index in [1.54, 1.807) is 0 Å². The van der Waals surface area contributed by atoms with E-state index in [9.17, 15) is 0 Å². The SMILES string of the molecule is Cc1nn(-c2cccc(CC(C)N)c2)c(C)c1C. The Bertz CT molecular complexity index is 553. The van der Waals surface area contributed by atoms with Crippen LogP contribution in [0, 0.1) is 20.8 Å². The molecule has 3 heteroatoms. The Balaban J connectivity index is 2.41. The molecule has 1 aromatic heterocycles. The van der Waals surface area contributed by atoms with Gasteiger partial charge in [-0.2, -0.15) is 5.10 Å². The summed E-state index contributed by atoms with van der Waals surface area (Å²) in [6.45, 7) is 8.29. The van der Waals surface area contributed by atoms with Crippen LogP contribution in [0.15, 0.2) is 24.3 Å². The van der Waals surface area contributed by atoms with E-state index >= 15 is 0 Å². The molecule has 0 aliphatic heterocycles. The largest absolute Gasteiger partial charge is 0.328 e. The summed E-state index contributed by atoms with van der Waals surface area (Å²) in [5.41, 5.74) is 11.8. The van der Waals surface area contributed by atoms with E-state index in [0.29, 0.717) is 0 Å². The minimum absolute atomic E-state index is 0.183. The zero-order valence-corrected chi connectivity index (χ0v) is 11.6. The highest BCUT2D eigenvalue weighted by molar-refractivity contribution is 5.39. The number of benzene rings is 1. The smallest absolute Gasteiger partial charge is 0.0651 e. The second-order valence-corrected chi connectivity index (χ2v) is 5.06. The van der Waals surface area contributed by atoms with Gasteiger partial charge >= 0.3 is 0 Å². The van der Waals surface area contributed by atoms with Gasteiger partial charge in [-0.05, 0) is 57.4 Å². The van der Waals surface area contributed by atoms with Crippen LogP contribution in [0.2, 0.25) is 0 Å². The summed E-state index contributed by atoms with van der Waals surface area (Å²) in [5.74, 6) is 0. The third-order valence-electron chi connectivity index (χ3n) is 3.37. The Labute approximate surface area is 109 Å². The first-order chi connectivity index (χ1) is 8.49. The normalized spacial score (nSPS) is 12.7. The van der Waals surface area contributed by atoms with Crippen LogP contribution in [0.25, 0.3) is 5.69 Å². The molecule has 3 nitrogen and oxygen atoms in total. The first kappa shape index (κ1) is 12.8. The zero-order valence-electron chi connectivity index (χ0n) is 11.6. The molecule has 1 heterocycles. The van der Waals surface area contributed by atoms with Crippen molar-refractivity contribution in [3.8, 4) is 5.69 Å². The van der Waals surface area contributed by atoms with E-state index in [1.807, 2.05) is 18.5 Å². The van der Waals surface area contributed by atoms with Gasteiger partial charge in [0.05, 0.1) is 11.4 Å². The number of nitrogens with two attached hydrogens (primary N) is 1. The van der Waals surface area contributed by atoms with Gasteiger partial charge < -0.3 is 5.73 Å². The molecule has 0 aliphatic rings. The van der Waals surface area contributed by atoms with Crippen LogP contribution in [0.1, 0.15) is 29.4 Å². The molecule has 0 saturated heterocycles. The summed E-state index contributed by atoms with van der Waals surface area (Å²) in [6.07, 6.45) is 0.895. The summed E-state index contributed by atoms with van der Waals surface area (Å²) in [7, 11) is 0. The number of aromatic nitrogens is 2. The van der Waals surface area contributed by atoms with Crippen molar-refractivity contribution in [2.75, 3.05) is 0 Å². The van der Waals surface area contributed by atoms with Crippen molar-refractivity contribution in [2.24, 2.45) is 5.73 Å². The molecule has 0 aliphatic carbocycles. The molecular formula is C15H21N3. The number of aryl methyl sites for hydroxylation is 1. The summed E-state index contributed by atoms with van der Waals surface area (Å²) < 4.78 is 2.01. The minimum atomic E-state index is 0.183. The van der Waals surface area contributed by atoms with Gasteiger partial charge in [0.1, 0.15) is 0 Å². The van der Waals surface area contributed by atoms with Crippen LogP contribution >= 0.6 is 0 Å². The average molecular weight is 243 g/mol. The summed E-state index contributed by atoms with van der Waals surface area (Å²) in [4.78, 5) is 0. The molecule has 0 bridgehead atoms. The molecule has 1 unspecified atom stereocenters. The van der Waals surface area contributed by atoms with Gasteiger partial charge in [0.2, 0.25) is 0 Å². The maximum Gasteiger partial charge on any atom is 0.0651 e. The van der Waals surface area contributed by atoms with E-state index in [2.05, 4.69) is 43.2 Å². The Hall–Kier alpha value is -1.61. The van der Waals surface area contributed by atoms with E-state index < -0.39 is 0 Å². The van der Waals surface area contributed by atoms with Gasteiger partial charge in [0.15, 0.2) is 0 Å². The van der Waals surface area contributed by atoms with E-state index in [0.717, 1.165) is 17.8 Å². The minimum Gasteiger partial charge on any atom is -0.328 e. The van der Waals surface area contributed by atoms with Gasteiger partial charge in [-0.15, -0.1) is 0 Å². The van der Waals surface area contributed by atoms with Gasteiger partial charge in [-0.3, -0.25) is 0 Å². The third kappa shape index (κ3) is 2.46. The number of hydrogen-bond acceptors (Lipinski definition) is 2. The maximum absolute atomic E-state index is 5.85.